The Kier molecular flexibility index (Phi) is 4.95. The Morgan fingerprint density at radius 3 is 2.90 bits per heavy atom. The Morgan fingerprint density at radius 1 is 1.33 bits per heavy atom. The third-order valence-corrected chi connectivity index (χ3v) is 4.91. The van der Waals surface area contributed by atoms with Crippen molar-refractivity contribution in [3.8, 4) is 10.7 Å². The van der Waals surface area contributed by atoms with E-state index in [-0.39, 0.29) is 6.61 Å². The van der Waals surface area contributed by atoms with Crippen LogP contribution < -0.4 is 0 Å². The highest BCUT2D eigenvalue weighted by molar-refractivity contribution is 7.13. The summed E-state index contributed by atoms with van der Waals surface area (Å²) in [6.07, 6.45) is 6.54. The van der Waals surface area contributed by atoms with Crippen molar-refractivity contribution in [2.75, 3.05) is 13.2 Å². The molecular formula is C16H21N3OS. The molecule has 1 fully saturated rings. The predicted octanol–water partition coefficient (Wildman–Crippen LogP) is 2.94. The molecule has 0 atom stereocenters. The molecule has 0 unspecified atom stereocenters. The molecule has 1 aliphatic rings. The molecule has 0 bridgehead atoms. The van der Waals surface area contributed by atoms with Gasteiger partial charge in [0, 0.05) is 37.3 Å². The van der Waals surface area contributed by atoms with E-state index in [9.17, 15) is 0 Å². The maximum Gasteiger partial charge on any atom is 0.142 e. The molecule has 0 spiro atoms. The van der Waals surface area contributed by atoms with Crippen LogP contribution in [0.15, 0.2) is 29.8 Å². The van der Waals surface area contributed by atoms with Gasteiger partial charge in [0.05, 0.1) is 11.4 Å². The van der Waals surface area contributed by atoms with Crippen LogP contribution in [0.5, 0.6) is 0 Å². The van der Waals surface area contributed by atoms with Crippen molar-refractivity contribution in [3.05, 3.63) is 35.5 Å². The summed E-state index contributed by atoms with van der Waals surface area (Å²) in [7, 11) is 0. The molecule has 1 aliphatic carbocycles. The van der Waals surface area contributed by atoms with Gasteiger partial charge in [0.1, 0.15) is 5.01 Å². The molecule has 1 saturated carbocycles. The molecule has 2 aromatic rings. The summed E-state index contributed by atoms with van der Waals surface area (Å²) in [5, 5.41) is 12.2. The van der Waals surface area contributed by atoms with Crippen LogP contribution in [0.2, 0.25) is 0 Å². The van der Waals surface area contributed by atoms with Gasteiger partial charge >= 0.3 is 0 Å². The fourth-order valence-electron chi connectivity index (χ4n) is 2.61. The van der Waals surface area contributed by atoms with Crippen molar-refractivity contribution in [2.24, 2.45) is 0 Å². The molecule has 4 nitrogen and oxygen atoms in total. The second kappa shape index (κ2) is 7.11. The number of rotatable bonds is 7. The van der Waals surface area contributed by atoms with Gasteiger partial charge in [-0.05, 0) is 31.4 Å². The fourth-order valence-corrected chi connectivity index (χ4v) is 3.40. The zero-order valence-corrected chi connectivity index (χ0v) is 12.9. The van der Waals surface area contributed by atoms with Gasteiger partial charge in [0.15, 0.2) is 0 Å². The number of hydrogen-bond acceptors (Lipinski definition) is 5. The van der Waals surface area contributed by atoms with Crippen LogP contribution in [-0.2, 0) is 6.54 Å². The number of aromatic nitrogens is 2. The highest BCUT2D eigenvalue weighted by Gasteiger charge is 2.25. The van der Waals surface area contributed by atoms with E-state index in [4.69, 9.17) is 10.1 Å². The summed E-state index contributed by atoms with van der Waals surface area (Å²) in [6.45, 7) is 2.10. The number of aliphatic hydroxyl groups excluding tert-OH is 1. The maximum absolute atomic E-state index is 9.06. The Bertz CT molecular complexity index is 554. The van der Waals surface area contributed by atoms with Crippen molar-refractivity contribution >= 4 is 11.3 Å². The molecule has 1 N–H and O–H groups in total. The van der Waals surface area contributed by atoms with Gasteiger partial charge < -0.3 is 5.11 Å². The van der Waals surface area contributed by atoms with Gasteiger partial charge in [-0.25, -0.2) is 4.98 Å². The summed E-state index contributed by atoms with van der Waals surface area (Å²) >= 11 is 1.66. The summed E-state index contributed by atoms with van der Waals surface area (Å²) in [5.74, 6) is 0. The Morgan fingerprint density at radius 2 is 2.24 bits per heavy atom. The first-order valence-electron chi connectivity index (χ1n) is 7.57. The first kappa shape index (κ1) is 14.6. The fraction of sp³-hybridized carbons (Fsp3) is 0.500. The molecule has 2 heterocycles. The molecule has 0 amide bonds. The van der Waals surface area contributed by atoms with Crippen LogP contribution in [0.4, 0.5) is 0 Å². The minimum absolute atomic E-state index is 0.263. The van der Waals surface area contributed by atoms with E-state index in [0.717, 1.165) is 35.9 Å². The van der Waals surface area contributed by atoms with E-state index in [0.29, 0.717) is 6.04 Å². The number of aliphatic hydroxyl groups is 1. The van der Waals surface area contributed by atoms with E-state index < -0.39 is 0 Å². The summed E-state index contributed by atoms with van der Waals surface area (Å²) in [5.41, 5.74) is 2.06. The van der Waals surface area contributed by atoms with Crippen LogP contribution in [-0.4, -0.2) is 39.2 Å². The molecule has 112 valence electrons. The third-order valence-electron chi connectivity index (χ3n) is 4.00. The predicted molar refractivity (Wildman–Crippen MR) is 85.1 cm³/mol. The molecule has 0 aromatic carbocycles. The van der Waals surface area contributed by atoms with Crippen molar-refractivity contribution in [1.29, 1.82) is 0 Å². The third kappa shape index (κ3) is 3.67. The van der Waals surface area contributed by atoms with E-state index in [1.807, 2.05) is 18.2 Å². The number of hydrogen-bond donors (Lipinski definition) is 1. The zero-order valence-electron chi connectivity index (χ0n) is 12.1. The molecule has 21 heavy (non-hydrogen) atoms. The van der Waals surface area contributed by atoms with Gasteiger partial charge in [0.2, 0.25) is 0 Å². The number of thiazole rings is 1. The zero-order chi connectivity index (χ0) is 14.5. The van der Waals surface area contributed by atoms with Crippen LogP contribution in [0, 0.1) is 0 Å². The smallest absolute Gasteiger partial charge is 0.142 e. The average molecular weight is 303 g/mol. The topological polar surface area (TPSA) is 49.2 Å². The van der Waals surface area contributed by atoms with E-state index in [1.54, 1.807) is 17.5 Å². The van der Waals surface area contributed by atoms with Crippen molar-refractivity contribution in [3.63, 3.8) is 0 Å². The molecule has 3 rings (SSSR count). The number of nitrogens with zero attached hydrogens (tertiary/aromatic N) is 3. The maximum atomic E-state index is 9.06. The standard InChI is InChI=1S/C16H21N3OS/c20-10-4-9-19(14-5-3-6-14)11-13-12-21-16(18-13)15-7-1-2-8-17-15/h1-2,7-8,12,14,20H,3-6,9-11H2. The lowest BCUT2D eigenvalue weighted by Gasteiger charge is -2.37. The van der Waals surface area contributed by atoms with Crippen molar-refractivity contribution in [2.45, 2.75) is 38.3 Å². The van der Waals surface area contributed by atoms with Gasteiger partial charge in [-0.2, -0.15) is 0 Å². The highest BCUT2D eigenvalue weighted by atomic mass is 32.1. The SMILES string of the molecule is OCCCN(Cc1csc(-c2ccccn2)n1)C1CCC1. The van der Waals surface area contributed by atoms with Gasteiger partial charge in [-0.3, -0.25) is 9.88 Å². The summed E-state index contributed by atoms with van der Waals surface area (Å²) in [4.78, 5) is 11.5. The lowest BCUT2D eigenvalue weighted by Crippen LogP contribution is -2.40. The van der Waals surface area contributed by atoms with Crippen LogP contribution in [0.25, 0.3) is 10.7 Å². The van der Waals surface area contributed by atoms with Gasteiger partial charge in [0.25, 0.3) is 0 Å². The monoisotopic (exact) mass is 303 g/mol. The lowest BCUT2D eigenvalue weighted by atomic mass is 9.91. The van der Waals surface area contributed by atoms with Crippen molar-refractivity contribution < 1.29 is 5.11 Å². The second-order valence-corrected chi connectivity index (χ2v) is 6.35. The minimum atomic E-state index is 0.263. The van der Waals surface area contributed by atoms with Gasteiger partial charge in [-0.1, -0.05) is 12.5 Å². The molecule has 0 saturated heterocycles. The average Bonchev–Trinajstić information content (AvgIpc) is 2.92. The highest BCUT2D eigenvalue weighted by Crippen LogP contribution is 2.28. The van der Waals surface area contributed by atoms with Crippen LogP contribution >= 0.6 is 11.3 Å². The van der Waals surface area contributed by atoms with Crippen molar-refractivity contribution in [1.82, 2.24) is 14.9 Å². The summed E-state index contributed by atoms with van der Waals surface area (Å²) < 4.78 is 0. The van der Waals surface area contributed by atoms with Crippen LogP contribution in [0.1, 0.15) is 31.4 Å². The molecule has 0 aliphatic heterocycles. The van der Waals surface area contributed by atoms with E-state index in [2.05, 4.69) is 15.3 Å². The van der Waals surface area contributed by atoms with E-state index >= 15 is 0 Å². The Labute approximate surface area is 129 Å². The minimum Gasteiger partial charge on any atom is -0.396 e. The second-order valence-electron chi connectivity index (χ2n) is 5.49. The lowest BCUT2D eigenvalue weighted by molar-refractivity contribution is 0.108. The summed E-state index contributed by atoms with van der Waals surface area (Å²) in [6, 6.07) is 6.59. The van der Waals surface area contributed by atoms with Gasteiger partial charge in [-0.15, -0.1) is 11.3 Å². The van der Waals surface area contributed by atoms with Crippen LogP contribution in [0.3, 0.4) is 0 Å². The number of pyridine rings is 1. The van der Waals surface area contributed by atoms with E-state index in [1.165, 1.54) is 19.3 Å². The molecular weight excluding hydrogens is 282 g/mol. The first-order valence-corrected chi connectivity index (χ1v) is 8.45. The quantitative estimate of drug-likeness (QED) is 0.854. The molecule has 0 radical (unpaired) electrons. The largest absolute Gasteiger partial charge is 0.396 e. The Balaban J connectivity index is 1.67. The molecule has 2 aromatic heterocycles. The Hall–Kier alpha value is -1.30. The normalized spacial score (nSPS) is 15.3. The molecule has 5 heteroatoms. The first-order chi connectivity index (χ1) is 10.4.